The number of rotatable bonds is 5. The molecule has 0 rings (SSSR count). The first kappa shape index (κ1) is 12.7. The summed E-state index contributed by atoms with van der Waals surface area (Å²) < 4.78 is 16.2. The van der Waals surface area contributed by atoms with E-state index in [1.165, 1.54) is 0 Å². The first-order valence-corrected chi connectivity index (χ1v) is 10.2. The minimum atomic E-state index is -1.84. The second-order valence-corrected chi connectivity index (χ2v) is 11.0. The average molecular weight is 244 g/mol. The molecule has 72 valence electrons. The van der Waals surface area contributed by atoms with E-state index in [1.54, 1.807) is 0 Å². The van der Waals surface area contributed by atoms with E-state index in [-0.39, 0.29) is 6.61 Å². The Morgan fingerprint density at radius 3 is 2.67 bits per heavy atom. The molecule has 1 atom stereocenters. The fourth-order valence-electron chi connectivity index (χ4n) is 0.767. The van der Waals surface area contributed by atoms with Crippen LogP contribution in [0.2, 0.25) is 19.1 Å². The van der Waals surface area contributed by atoms with E-state index in [1.807, 2.05) is 13.1 Å². The second kappa shape index (κ2) is 6.18. The highest BCUT2D eigenvalue weighted by Gasteiger charge is 2.23. The highest BCUT2D eigenvalue weighted by molar-refractivity contribution is 8.32. The summed E-state index contributed by atoms with van der Waals surface area (Å²) in [6.07, 6.45) is 0.713. The first-order valence-electron chi connectivity index (χ1n) is 3.59. The van der Waals surface area contributed by atoms with E-state index >= 15 is 0 Å². The van der Waals surface area contributed by atoms with Gasteiger partial charge in [0.1, 0.15) is 0 Å². The molecule has 0 fully saturated rings. The monoisotopic (exact) mass is 244 g/mol. The molecule has 1 N–H and O–H groups in total. The van der Waals surface area contributed by atoms with Crippen molar-refractivity contribution in [1.29, 1.82) is 0 Å². The predicted molar refractivity (Wildman–Crippen MR) is 57.4 cm³/mol. The smallest absolute Gasteiger partial charge is 0.301 e. The third kappa shape index (κ3) is 6.22. The Balaban J connectivity index is 4.03. The van der Waals surface area contributed by atoms with Crippen molar-refractivity contribution in [3.8, 4) is 0 Å². The third-order valence-corrected chi connectivity index (χ3v) is 7.70. The molecule has 12 heavy (non-hydrogen) atoms. The van der Waals surface area contributed by atoms with Gasteiger partial charge in [-0.15, -0.1) is 0 Å². The van der Waals surface area contributed by atoms with Crippen molar-refractivity contribution in [2.45, 2.75) is 25.6 Å². The largest absolute Gasteiger partial charge is 0.396 e. The van der Waals surface area contributed by atoms with E-state index in [9.17, 15) is 4.57 Å². The Morgan fingerprint density at radius 2 is 2.25 bits per heavy atom. The minimum Gasteiger partial charge on any atom is -0.396 e. The van der Waals surface area contributed by atoms with Crippen LogP contribution in [0.1, 0.15) is 6.42 Å². The first-order chi connectivity index (χ1) is 5.52. The van der Waals surface area contributed by atoms with Gasteiger partial charge in [-0.05, 0) is 36.7 Å². The summed E-state index contributed by atoms with van der Waals surface area (Å²) in [5, 5.41) is 8.59. The molecule has 0 aromatic carbocycles. The van der Waals surface area contributed by atoms with Crippen LogP contribution in [0.5, 0.6) is 0 Å². The van der Waals surface area contributed by atoms with E-state index < -0.39 is 15.1 Å². The molecule has 0 heterocycles. The highest BCUT2D eigenvalue weighted by atomic mass is 32.9. The standard InChI is InChI=1S/C5H13O3PS2Si/c1-12(2,5-3-4-6)8-9(7)11-10/h6H,3-5H2,1-2H3. The van der Waals surface area contributed by atoms with Crippen LogP contribution >= 0.6 is 6.80 Å². The summed E-state index contributed by atoms with van der Waals surface area (Å²) in [4.78, 5) is 0. The summed E-state index contributed by atoms with van der Waals surface area (Å²) in [5.41, 5.74) is 0. The van der Waals surface area contributed by atoms with Gasteiger partial charge in [-0.1, -0.05) is 0 Å². The predicted octanol–water partition coefficient (Wildman–Crippen LogP) is 1.79. The van der Waals surface area contributed by atoms with E-state index in [2.05, 4.69) is 11.2 Å². The molecule has 0 amide bonds. The van der Waals surface area contributed by atoms with Gasteiger partial charge in [-0.3, -0.25) is 0 Å². The molecular weight excluding hydrogens is 231 g/mol. The van der Waals surface area contributed by atoms with Crippen LogP contribution in [-0.2, 0) is 29.5 Å². The molecule has 0 saturated heterocycles. The topological polar surface area (TPSA) is 46.5 Å². The van der Waals surface area contributed by atoms with Gasteiger partial charge in [-0.2, -0.15) is 0 Å². The van der Waals surface area contributed by atoms with Crippen LogP contribution in [0.15, 0.2) is 0 Å². The van der Waals surface area contributed by atoms with Gasteiger partial charge in [0, 0.05) is 16.1 Å². The molecule has 0 spiro atoms. The van der Waals surface area contributed by atoms with E-state index in [0.717, 1.165) is 15.5 Å². The summed E-state index contributed by atoms with van der Waals surface area (Å²) >= 11 is 4.54. The fraction of sp³-hybridized carbons (Fsp3) is 1.00. The van der Waals surface area contributed by atoms with Crippen LogP contribution in [-0.4, -0.2) is 20.0 Å². The zero-order valence-corrected chi connectivity index (χ0v) is 10.7. The Morgan fingerprint density at radius 1 is 1.67 bits per heavy atom. The average Bonchev–Trinajstić information content (AvgIpc) is 2.00. The Hall–Kier alpha value is 0.677. The van der Waals surface area contributed by atoms with Gasteiger partial charge in [0.15, 0.2) is 0 Å². The van der Waals surface area contributed by atoms with Crippen LogP contribution in [0.25, 0.3) is 0 Å². The number of aliphatic hydroxyl groups is 1. The molecule has 0 aliphatic carbocycles. The maximum absolute atomic E-state index is 10.9. The maximum Gasteiger partial charge on any atom is 0.301 e. The quantitative estimate of drug-likeness (QED) is 0.591. The van der Waals surface area contributed by atoms with Crippen molar-refractivity contribution in [3.05, 3.63) is 0 Å². The molecule has 0 bridgehead atoms. The Labute approximate surface area is 82.0 Å². The van der Waals surface area contributed by atoms with Crippen molar-refractivity contribution >= 4 is 35.8 Å². The zero-order valence-electron chi connectivity index (χ0n) is 7.15. The summed E-state index contributed by atoms with van der Waals surface area (Å²) in [5.74, 6) is 0. The van der Waals surface area contributed by atoms with Crippen molar-refractivity contribution < 1.29 is 13.9 Å². The highest BCUT2D eigenvalue weighted by Crippen LogP contribution is 2.22. The summed E-state index contributed by atoms with van der Waals surface area (Å²) in [6, 6.07) is 0.820. The lowest BCUT2D eigenvalue weighted by Crippen LogP contribution is -2.26. The van der Waals surface area contributed by atoms with E-state index in [4.69, 9.17) is 9.32 Å². The number of aliphatic hydroxyl groups excluding tert-OH is 1. The zero-order chi connectivity index (χ0) is 9.61. The lowest BCUT2D eigenvalue weighted by atomic mass is 10.5. The Kier molecular flexibility index (Phi) is 6.53. The van der Waals surface area contributed by atoms with Gasteiger partial charge >= 0.3 is 6.80 Å². The fourth-order valence-corrected chi connectivity index (χ4v) is 6.79. The molecule has 0 aromatic heterocycles. The van der Waals surface area contributed by atoms with Crippen LogP contribution in [0.3, 0.4) is 0 Å². The van der Waals surface area contributed by atoms with Gasteiger partial charge in [0.25, 0.3) is 0 Å². The maximum atomic E-state index is 10.9. The van der Waals surface area contributed by atoms with Gasteiger partial charge in [0.05, 0.1) is 0 Å². The molecule has 0 radical (unpaired) electrons. The summed E-state index contributed by atoms with van der Waals surface area (Å²) in [7, 11) is -1.01. The lowest BCUT2D eigenvalue weighted by Gasteiger charge is -2.17. The summed E-state index contributed by atoms with van der Waals surface area (Å²) in [6.45, 7) is 2.39. The van der Waals surface area contributed by atoms with Crippen molar-refractivity contribution in [3.63, 3.8) is 0 Å². The molecule has 0 aliphatic rings. The normalized spacial score (nSPS) is 12.8. The van der Waals surface area contributed by atoms with Crippen molar-refractivity contribution in [2.75, 3.05) is 6.61 Å². The number of hydrogen-bond acceptors (Lipinski definition) is 4. The molecule has 1 unspecified atom stereocenters. The van der Waals surface area contributed by atoms with Gasteiger partial charge in [0.2, 0.25) is 8.32 Å². The van der Waals surface area contributed by atoms with Crippen LogP contribution < -0.4 is 0 Å². The molecular formula is C5H13O3PS2Si. The SMILES string of the molecule is C[Si](C)(CCCO)OP(=O)=S=S. The second-order valence-electron chi connectivity index (χ2n) is 2.98. The number of hydrogen-bond donors (Lipinski definition) is 1. The lowest BCUT2D eigenvalue weighted by molar-refractivity contribution is 0.293. The minimum absolute atomic E-state index is 0.164. The molecule has 0 saturated carbocycles. The van der Waals surface area contributed by atoms with Crippen LogP contribution in [0.4, 0.5) is 0 Å². The van der Waals surface area contributed by atoms with Gasteiger partial charge < -0.3 is 9.32 Å². The van der Waals surface area contributed by atoms with E-state index in [0.29, 0.717) is 6.42 Å². The van der Waals surface area contributed by atoms with Crippen molar-refractivity contribution in [1.82, 2.24) is 0 Å². The Bertz CT molecular complexity index is 233. The molecule has 7 heteroatoms. The molecule has 3 nitrogen and oxygen atoms in total. The van der Waals surface area contributed by atoms with Gasteiger partial charge in [-0.25, -0.2) is 4.57 Å². The van der Waals surface area contributed by atoms with Crippen molar-refractivity contribution in [2.24, 2.45) is 0 Å². The van der Waals surface area contributed by atoms with Crippen LogP contribution in [0, 0.1) is 0 Å². The molecule has 0 aliphatic heterocycles. The molecule has 0 aromatic rings. The third-order valence-electron chi connectivity index (χ3n) is 1.32.